The van der Waals surface area contributed by atoms with Crippen LogP contribution in [0.2, 0.25) is 0 Å². The van der Waals surface area contributed by atoms with E-state index in [4.69, 9.17) is 29.0 Å². The van der Waals surface area contributed by atoms with Gasteiger partial charge in [0.25, 0.3) is 0 Å². The molecule has 0 bridgehead atoms. The fourth-order valence-corrected chi connectivity index (χ4v) is 3.17. The molecule has 0 unspecified atom stereocenters. The molecular weight excluding hydrogens is 440 g/mol. The Morgan fingerprint density at radius 3 is 1.65 bits per heavy atom. The fourth-order valence-electron chi connectivity index (χ4n) is 3.17. The highest BCUT2D eigenvalue weighted by Crippen LogP contribution is 2.18. The van der Waals surface area contributed by atoms with Gasteiger partial charge in [-0.2, -0.15) is 0 Å². The average Bonchev–Trinajstić information content (AvgIpc) is 2.88. The van der Waals surface area contributed by atoms with Gasteiger partial charge in [0.15, 0.2) is 0 Å². The second kappa shape index (κ2) is 15.7. The van der Waals surface area contributed by atoms with E-state index in [1.807, 2.05) is 0 Å². The van der Waals surface area contributed by atoms with Crippen molar-refractivity contribution >= 4 is 11.9 Å². The van der Waals surface area contributed by atoms with Crippen molar-refractivity contribution in [2.45, 2.75) is 64.6 Å². The van der Waals surface area contributed by atoms with Crippen molar-refractivity contribution in [3.05, 3.63) is 59.7 Å². The van der Waals surface area contributed by atoms with Crippen LogP contribution in [0, 0.1) is 0 Å². The third-order valence-corrected chi connectivity index (χ3v) is 5.12. The molecule has 0 saturated heterocycles. The van der Waals surface area contributed by atoms with E-state index in [1.165, 1.54) is 45.6 Å². The number of benzene rings is 2. The highest BCUT2D eigenvalue weighted by Gasteiger charge is 2.20. The van der Waals surface area contributed by atoms with Crippen molar-refractivity contribution in [3.63, 3.8) is 0 Å². The number of rotatable bonds is 16. The lowest BCUT2D eigenvalue weighted by Crippen LogP contribution is -2.22. The molecule has 8 heteroatoms. The van der Waals surface area contributed by atoms with Crippen LogP contribution in [0.25, 0.3) is 0 Å². The second-order valence-corrected chi connectivity index (χ2v) is 7.74. The van der Waals surface area contributed by atoms with Crippen LogP contribution < -0.4 is 9.47 Å². The number of hydrogen-bond acceptors (Lipinski definition) is 8. The molecule has 0 aliphatic rings. The van der Waals surface area contributed by atoms with Gasteiger partial charge in [0.2, 0.25) is 6.29 Å². The lowest BCUT2D eigenvalue weighted by Gasteiger charge is -2.15. The van der Waals surface area contributed by atoms with Gasteiger partial charge < -0.3 is 9.47 Å². The molecule has 8 nitrogen and oxygen atoms in total. The molecule has 0 aromatic heterocycles. The normalized spacial score (nSPS) is 10.7. The highest BCUT2D eigenvalue weighted by molar-refractivity contribution is 5.89. The van der Waals surface area contributed by atoms with E-state index in [0.29, 0.717) is 17.9 Å². The molecule has 34 heavy (non-hydrogen) atoms. The topological polar surface area (TPSA) is 89.5 Å². The van der Waals surface area contributed by atoms with Crippen LogP contribution in [0.1, 0.15) is 79.0 Å². The molecule has 0 fully saturated rings. The Hall–Kier alpha value is -3.10. The summed E-state index contributed by atoms with van der Waals surface area (Å²) in [5.74, 6) is -0.410. The Kier molecular flexibility index (Phi) is 12.5. The van der Waals surface area contributed by atoms with Crippen molar-refractivity contribution in [2.24, 2.45) is 0 Å². The maximum atomic E-state index is 12.3. The van der Waals surface area contributed by atoms with E-state index in [1.54, 1.807) is 36.4 Å². The monoisotopic (exact) mass is 474 g/mol. The van der Waals surface area contributed by atoms with Crippen molar-refractivity contribution < 1.29 is 38.6 Å². The van der Waals surface area contributed by atoms with Crippen LogP contribution in [0.3, 0.4) is 0 Å². The zero-order valence-electron chi connectivity index (χ0n) is 20.1. The second-order valence-electron chi connectivity index (χ2n) is 7.74. The van der Waals surface area contributed by atoms with Crippen molar-refractivity contribution in [1.82, 2.24) is 0 Å². The first kappa shape index (κ1) is 27.1. The molecule has 0 radical (unpaired) electrons. The van der Waals surface area contributed by atoms with Crippen LogP contribution in [0.5, 0.6) is 11.5 Å². The van der Waals surface area contributed by atoms with E-state index in [2.05, 4.69) is 6.92 Å². The predicted octanol–water partition coefficient (Wildman–Crippen LogP) is 6.05. The summed E-state index contributed by atoms with van der Waals surface area (Å²) in [4.78, 5) is 45.0. The summed E-state index contributed by atoms with van der Waals surface area (Å²) >= 11 is 0. The van der Waals surface area contributed by atoms with Gasteiger partial charge in [0, 0.05) is 6.42 Å². The Bertz CT molecular complexity index is 819. The number of carbonyl (C=O) groups is 2. The highest BCUT2D eigenvalue weighted by atomic mass is 17.3. The van der Waals surface area contributed by atoms with Gasteiger partial charge in [-0.3, -0.25) is 9.78 Å². The molecule has 2 aromatic rings. The van der Waals surface area contributed by atoms with Crippen LogP contribution >= 0.6 is 0 Å². The van der Waals surface area contributed by atoms with E-state index in [-0.39, 0.29) is 11.1 Å². The largest absolute Gasteiger partial charge is 0.497 e. The number of carbonyl (C=O) groups excluding carboxylic acids is 2. The summed E-state index contributed by atoms with van der Waals surface area (Å²) in [6, 6.07) is 13.0. The van der Waals surface area contributed by atoms with Crippen LogP contribution in [0.15, 0.2) is 48.5 Å². The first-order valence-corrected chi connectivity index (χ1v) is 11.6. The van der Waals surface area contributed by atoms with E-state index in [9.17, 15) is 9.59 Å². The molecule has 2 rings (SSSR count). The summed E-state index contributed by atoms with van der Waals surface area (Å²) in [5, 5.41) is 0. The summed E-state index contributed by atoms with van der Waals surface area (Å²) in [5.41, 5.74) is 0.504. The van der Waals surface area contributed by atoms with E-state index in [0.717, 1.165) is 25.7 Å². The number of unbranched alkanes of at least 4 members (excludes halogenated alkanes) is 6. The Balaban J connectivity index is 1.90. The Morgan fingerprint density at radius 2 is 1.18 bits per heavy atom. The minimum absolute atomic E-state index is 0.252. The zero-order chi connectivity index (χ0) is 24.6. The number of methoxy groups -OCH3 is 2. The minimum Gasteiger partial charge on any atom is -0.497 e. The first-order chi connectivity index (χ1) is 16.6. The zero-order valence-corrected chi connectivity index (χ0v) is 20.1. The molecule has 2 aromatic carbocycles. The maximum absolute atomic E-state index is 12.3. The lowest BCUT2D eigenvalue weighted by molar-refractivity contribution is -0.421. The van der Waals surface area contributed by atoms with E-state index >= 15 is 0 Å². The summed E-state index contributed by atoms with van der Waals surface area (Å²) in [6.45, 7) is 2.18. The van der Waals surface area contributed by atoms with Gasteiger partial charge in [-0.25, -0.2) is 9.59 Å². The number of ether oxygens (including phenoxy) is 2. The third-order valence-electron chi connectivity index (χ3n) is 5.12. The van der Waals surface area contributed by atoms with Gasteiger partial charge in [-0.1, -0.05) is 57.6 Å². The predicted molar refractivity (Wildman–Crippen MR) is 125 cm³/mol. The molecule has 0 aliphatic heterocycles. The summed E-state index contributed by atoms with van der Waals surface area (Å²) in [6.07, 6.45) is 6.91. The standard InChI is InChI=1S/C26H34O8/c1-4-5-6-7-8-9-10-17-24(31-33-25(27)20-13-11-15-22(18-20)29-2)32-34-26(28)21-14-12-16-23(19-21)30-3/h11-16,18-19,24H,4-10,17H2,1-3H3. The molecule has 0 spiro atoms. The number of hydrogen-bond donors (Lipinski definition) is 0. The van der Waals surface area contributed by atoms with Crippen LogP contribution in [-0.4, -0.2) is 32.4 Å². The molecule has 0 heterocycles. The molecule has 0 saturated carbocycles. The van der Waals surface area contributed by atoms with Gasteiger partial charge in [-0.05, 0) is 42.8 Å². The van der Waals surface area contributed by atoms with Crippen molar-refractivity contribution in [2.75, 3.05) is 14.2 Å². The SMILES string of the molecule is CCCCCCCCCC(OOC(=O)c1cccc(OC)c1)OOC(=O)c1cccc(OC)c1. The third kappa shape index (κ3) is 9.80. The average molecular weight is 475 g/mol. The quantitative estimate of drug-likeness (QED) is 0.126. The van der Waals surface area contributed by atoms with Gasteiger partial charge in [0.05, 0.1) is 25.3 Å². The smallest absolute Gasteiger partial charge is 0.373 e. The molecule has 0 aliphatic carbocycles. The van der Waals surface area contributed by atoms with Crippen molar-refractivity contribution in [1.29, 1.82) is 0 Å². The van der Waals surface area contributed by atoms with Gasteiger partial charge in [-0.15, -0.1) is 9.78 Å². The van der Waals surface area contributed by atoms with Crippen LogP contribution in [0.4, 0.5) is 0 Å². The maximum Gasteiger partial charge on any atom is 0.373 e. The molecule has 0 N–H and O–H groups in total. The summed E-state index contributed by atoms with van der Waals surface area (Å²) < 4.78 is 10.2. The first-order valence-electron chi connectivity index (χ1n) is 11.6. The summed E-state index contributed by atoms with van der Waals surface area (Å²) in [7, 11) is 3.01. The Labute approximate surface area is 200 Å². The lowest BCUT2D eigenvalue weighted by atomic mass is 10.1. The fraction of sp³-hybridized carbons (Fsp3) is 0.462. The molecule has 0 atom stereocenters. The molecular formula is C26H34O8. The van der Waals surface area contributed by atoms with Gasteiger partial charge in [0.1, 0.15) is 11.5 Å². The van der Waals surface area contributed by atoms with Gasteiger partial charge >= 0.3 is 11.9 Å². The van der Waals surface area contributed by atoms with Crippen molar-refractivity contribution in [3.8, 4) is 11.5 Å². The minimum atomic E-state index is -1.07. The van der Waals surface area contributed by atoms with E-state index < -0.39 is 18.2 Å². The Morgan fingerprint density at radius 1 is 0.706 bits per heavy atom. The molecule has 0 amide bonds. The molecule has 186 valence electrons. The van der Waals surface area contributed by atoms with Crippen LogP contribution in [-0.2, 0) is 19.6 Å².